The largest absolute Gasteiger partial charge is 0.471 e. The van der Waals surface area contributed by atoms with Crippen molar-refractivity contribution in [3.63, 3.8) is 0 Å². The van der Waals surface area contributed by atoms with Gasteiger partial charge in [0.05, 0.1) is 6.54 Å². The molecule has 0 spiro atoms. The summed E-state index contributed by atoms with van der Waals surface area (Å²) < 4.78 is 39.6. The minimum Gasteiger partial charge on any atom is -0.308 e. The lowest BCUT2D eigenvalue weighted by Crippen LogP contribution is -2.40. The Kier molecular flexibility index (Phi) is 6.16. The molecule has 1 heterocycles. The summed E-state index contributed by atoms with van der Waals surface area (Å²) in [4.78, 5) is 14.2. The van der Waals surface area contributed by atoms with Crippen molar-refractivity contribution in [2.24, 2.45) is 0 Å². The van der Waals surface area contributed by atoms with Crippen LogP contribution in [0.25, 0.3) is 0 Å². The molecule has 2 unspecified atom stereocenters. The van der Waals surface area contributed by atoms with Gasteiger partial charge in [0.15, 0.2) is 0 Å². The molecule has 4 rings (SSSR count). The topological polar surface area (TPSA) is 32.3 Å². The van der Waals surface area contributed by atoms with E-state index in [4.69, 9.17) is 0 Å². The summed E-state index contributed by atoms with van der Waals surface area (Å²) in [5.74, 6) is -1.52. The number of halogens is 3. The molecule has 0 saturated heterocycles. The SMILES string of the molecule is Cc1ccsc1CNC1CC1c1ccc(N(Cc2ccccc2)C(=O)C(F)(F)F)cc1. The Hall–Kier alpha value is -2.64. The summed E-state index contributed by atoms with van der Waals surface area (Å²) in [5, 5.41) is 5.64. The fourth-order valence-electron chi connectivity index (χ4n) is 3.70. The average Bonchev–Trinajstić information content (AvgIpc) is 3.42. The number of hydrogen-bond donors (Lipinski definition) is 1. The summed E-state index contributed by atoms with van der Waals surface area (Å²) in [5.41, 5.74) is 3.24. The number of nitrogens with one attached hydrogen (secondary N) is 1. The number of alkyl halides is 3. The van der Waals surface area contributed by atoms with Crippen LogP contribution in [-0.4, -0.2) is 18.1 Å². The number of carbonyl (C=O) groups excluding carboxylic acids is 1. The molecule has 0 bridgehead atoms. The smallest absolute Gasteiger partial charge is 0.308 e. The highest BCUT2D eigenvalue weighted by Gasteiger charge is 2.43. The zero-order valence-corrected chi connectivity index (χ0v) is 17.8. The van der Waals surface area contributed by atoms with E-state index in [2.05, 4.69) is 23.7 Å². The van der Waals surface area contributed by atoms with E-state index in [1.165, 1.54) is 10.4 Å². The monoisotopic (exact) mass is 444 g/mol. The maximum Gasteiger partial charge on any atom is 0.471 e. The number of amides is 1. The molecular weight excluding hydrogens is 421 g/mol. The van der Waals surface area contributed by atoms with Crippen molar-refractivity contribution in [3.05, 3.63) is 87.6 Å². The molecule has 1 N–H and O–H groups in total. The minimum absolute atomic E-state index is 0.133. The van der Waals surface area contributed by atoms with Crippen LogP contribution < -0.4 is 10.2 Å². The van der Waals surface area contributed by atoms with Crippen LogP contribution in [0.3, 0.4) is 0 Å². The van der Waals surface area contributed by atoms with Gasteiger partial charge in [0.25, 0.3) is 0 Å². The second-order valence-corrected chi connectivity index (χ2v) is 8.82. The standard InChI is InChI=1S/C24H23F3N2OS/c1-16-11-12-31-22(16)14-28-21-13-20(21)18-7-9-19(10-8-18)29(23(30)24(25,26)27)15-17-5-3-2-4-6-17/h2-12,20-21,28H,13-15H2,1H3. The van der Waals surface area contributed by atoms with Gasteiger partial charge in [-0.1, -0.05) is 42.5 Å². The molecule has 1 aromatic heterocycles. The molecule has 3 nitrogen and oxygen atoms in total. The Bertz CT molecular complexity index is 1030. The molecule has 2 aromatic carbocycles. The maximum absolute atomic E-state index is 13.2. The molecule has 1 aliphatic carbocycles. The first-order valence-electron chi connectivity index (χ1n) is 10.1. The first kappa shape index (κ1) is 21.6. The molecule has 1 saturated carbocycles. The highest BCUT2D eigenvalue weighted by molar-refractivity contribution is 7.10. The van der Waals surface area contributed by atoms with Crippen LogP contribution >= 0.6 is 11.3 Å². The second-order valence-electron chi connectivity index (χ2n) is 7.82. The van der Waals surface area contributed by atoms with Gasteiger partial charge >= 0.3 is 12.1 Å². The summed E-state index contributed by atoms with van der Waals surface area (Å²) in [7, 11) is 0. The zero-order chi connectivity index (χ0) is 22.0. The third-order valence-electron chi connectivity index (χ3n) is 5.59. The van der Waals surface area contributed by atoms with Gasteiger partial charge < -0.3 is 10.2 Å². The minimum atomic E-state index is -4.93. The maximum atomic E-state index is 13.2. The molecule has 162 valence electrons. The summed E-state index contributed by atoms with van der Waals surface area (Å²) in [6.45, 7) is 2.79. The molecule has 1 amide bonds. The number of carbonyl (C=O) groups is 1. The Morgan fingerprint density at radius 3 is 2.42 bits per heavy atom. The first-order chi connectivity index (χ1) is 14.8. The molecule has 0 aliphatic heterocycles. The Balaban J connectivity index is 1.44. The van der Waals surface area contributed by atoms with E-state index >= 15 is 0 Å². The van der Waals surface area contributed by atoms with E-state index in [9.17, 15) is 18.0 Å². The van der Waals surface area contributed by atoms with E-state index in [0.29, 0.717) is 17.5 Å². The molecule has 3 aromatic rings. The number of thiophene rings is 1. The van der Waals surface area contributed by atoms with Crippen molar-refractivity contribution in [2.75, 3.05) is 4.90 Å². The van der Waals surface area contributed by atoms with Crippen LogP contribution in [0.5, 0.6) is 0 Å². The Morgan fingerprint density at radius 2 is 1.81 bits per heavy atom. The van der Waals surface area contributed by atoms with E-state index in [1.54, 1.807) is 53.8 Å². The van der Waals surface area contributed by atoms with Crippen LogP contribution in [0.2, 0.25) is 0 Å². The van der Waals surface area contributed by atoms with E-state index in [0.717, 1.165) is 23.4 Å². The lowest BCUT2D eigenvalue weighted by atomic mass is 10.1. The van der Waals surface area contributed by atoms with E-state index < -0.39 is 12.1 Å². The van der Waals surface area contributed by atoms with E-state index in [1.807, 2.05) is 12.1 Å². The molecule has 0 radical (unpaired) electrons. The molecule has 2 atom stereocenters. The number of aryl methyl sites for hydroxylation is 1. The lowest BCUT2D eigenvalue weighted by Gasteiger charge is -2.24. The molecule has 1 fully saturated rings. The van der Waals surface area contributed by atoms with Gasteiger partial charge in [-0.25, -0.2) is 0 Å². The van der Waals surface area contributed by atoms with Crippen LogP contribution in [-0.2, 0) is 17.9 Å². The summed E-state index contributed by atoms with van der Waals surface area (Å²) in [6, 6.07) is 18.0. The highest BCUT2D eigenvalue weighted by atomic mass is 32.1. The molecule has 31 heavy (non-hydrogen) atoms. The third-order valence-corrected chi connectivity index (χ3v) is 6.61. The number of nitrogens with zero attached hydrogens (tertiary/aromatic N) is 1. The predicted octanol–water partition coefficient (Wildman–Crippen LogP) is 5.80. The lowest BCUT2D eigenvalue weighted by molar-refractivity contribution is -0.170. The Morgan fingerprint density at radius 1 is 1.10 bits per heavy atom. The quantitative estimate of drug-likeness (QED) is 0.500. The molecular formula is C24H23F3N2OS. The third kappa shape index (κ3) is 5.17. The molecule has 7 heteroatoms. The van der Waals surface area contributed by atoms with Gasteiger partial charge in [0, 0.05) is 29.1 Å². The van der Waals surface area contributed by atoms with Crippen molar-refractivity contribution in [1.29, 1.82) is 0 Å². The average molecular weight is 445 g/mol. The van der Waals surface area contributed by atoms with Crippen molar-refractivity contribution < 1.29 is 18.0 Å². The normalized spacial score (nSPS) is 18.1. The van der Waals surface area contributed by atoms with Crippen LogP contribution in [0.1, 0.15) is 33.9 Å². The van der Waals surface area contributed by atoms with E-state index in [-0.39, 0.29) is 12.2 Å². The first-order valence-corrected chi connectivity index (χ1v) is 11.0. The van der Waals surface area contributed by atoms with Crippen molar-refractivity contribution >= 4 is 22.9 Å². The second kappa shape index (κ2) is 8.85. The van der Waals surface area contributed by atoms with Crippen LogP contribution in [0.4, 0.5) is 18.9 Å². The fraction of sp³-hybridized carbons (Fsp3) is 0.292. The number of benzene rings is 2. The number of hydrogen-bond acceptors (Lipinski definition) is 3. The fourth-order valence-corrected chi connectivity index (χ4v) is 4.56. The van der Waals surface area contributed by atoms with Gasteiger partial charge in [-0.3, -0.25) is 4.79 Å². The van der Waals surface area contributed by atoms with Crippen molar-refractivity contribution in [1.82, 2.24) is 5.32 Å². The summed E-state index contributed by atoms with van der Waals surface area (Å²) >= 11 is 1.73. The Labute approximate surface area is 183 Å². The van der Waals surface area contributed by atoms with Gasteiger partial charge in [-0.05, 0) is 53.6 Å². The highest BCUT2D eigenvalue weighted by Crippen LogP contribution is 2.41. The van der Waals surface area contributed by atoms with Crippen LogP contribution in [0, 0.1) is 6.92 Å². The zero-order valence-electron chi connectivity index (χ0n) is 17.0. The number of anilines is 1. The van der Waals surface area contributed by atoms with Gasteiger partial charge in [0.2, 0.25) is 0 Å². The van der Waals surface area contributed by atoms with Gasteiger partial charge in [-0.2, -0.15) is 13.2 Å². The molecule has 1 aliphatic rings. The van der Waals surface area contributed by atoms with Crippen molar-refractivity contribution in [2.45, 2.75) is 44.6 Å². The van der Waals surface area contributed by atoms with Crippen LogP contribution in [0.15, 0.2) is 66.0 Å². The summed E-state index contributed by atoms with van der Waals surface area (Å²) in [6.07, 6.45) is -3.93. The van der Waals surface area contributed by atoms with Gasteiger partial charge in [0.1, 0.15) is 0 Å². The van der Waals surface area contributed by atoms with Gasteiger partial charge in [-0.15, -0.1) is 11.3 Å². The number of rotatable bonds is 7. The predicted molar refractivity (Wildman–Crippen MR) is 117 cm³/mol. The van der Waals surface area contributed by atoms with Crippen molar-refractivity contribution in [3.8, 4) is 0 Å².